The van der Waals surface area contributed by atoms with E-state index in [0.29, 0.717) is 11.3 Å². The largest absolute Gasteiger partial charge is 0.497 e. The number of anilines is 1. The van der Waals surface area contributed by atoms with Crippen LogP contribution in [0.5, 0.6) is 0 Å². The molecule has 0 bridgehead atoms. The average Bonchev–Trinajstić information content (AvgIpc) is 2.74. The fraction of sp³-hybridized carbons (Fsp3) is 0.250. The second-order valence-corrected chi connectivity index (χ2v) is 6.32. The number of carbonyl (C=O) groups excluding carboxylic acids is 1. The number of ether oxygens (including phenoxy) is 1. The maximum atomic E-state index is 12.0. The zero-order valence-electron chi connectivity index (χ0n) is 14.0. The van der Waals surface area contributed by atoms with Crippen LogP contribution in [0.4, 0.5) is 5.69 Å². The lowest BCUT2D eigenvalue weighted by Crippen LogP contribution is -2.22. The summed E-state index contributed by atoms with van der Waals surface area (Å²) in [5.41, 5.74) is 4.22. The number of carbonyl (C=O) groups is 1. The van der Waals surface area contributed by atoms with Crippen LogP contribution in [0.2, 0.25) is 0 Å². The van der Waals surface area contributed by atoms with Gasteiger partial charge in [0.2, 0.25) is 0 Å². The van der Waals surface area contributed by atoms with E-state index >= 15 is 0 Å². The maximum Gasteiger partial charge on any atom is 0.186 e. The lowest BCUT2D eigenvalue weighted by atomic mass is 9.83. The zero-order valence-corrected chi connectivity index (χ0v) is 14.0. The topological polar surface area (TPSA) is 29.5 Å². The Kier molecular flexibility index (Phi) is 3.72. The van der Waals surface area contributed by atoms with Crippen LogP contribution in [0.15, 0.2) is 71.7 Å². The molecule has 1 aromatic rings. The molecule has 0 saturated heterocycles. The Balaban J connectivity index is 2.01. The molecule has 1 aliphatic carbocycles. The number of rotatable bonds is 2. The minimum Gasteiger partial charge on any atom is -0.497 e. The van der Waals surface area contributed by atoms with Crippen molar-refractivity contribution >= 4 is 11.5 Å². The van der Waals surface area contributed by atoms with Gasteiger partial charge in [0.15, 0.2) is 5.78 Å². The lowest BCUT2D eigenvalue weighted by molar-refractivity contribution is -0.111. The normalized spacial score (nSPS) is 22.5. The van der Waals surface area contributed by atoms with Gasteiger partial charge in [-0.05, 0) is 42.0 Å². The number of fused-ring (bicyclic) bond motifs is 1. The van der Waals surface area contributed by atoms with Gasteiger partial charge < -0.3 is 9.64 Å². The van der Waals surface area contributed by atoms with Gasteiger partial charge in [0.25, 0.3) is 0 Å². The van der Waals surface area contributed by atoms with E-state index in [9.17, 15) is 4.79 Å². The Morgan fingerprint density at radius 2 is 1.87 bits per heavy atom. The highest BCUT2D eigenvalue weighted by molar-refractivity contribution is 6.07. The molecular formula is C20H21NO2. The number of para-hydroxylation sites is 1. The minimum atomic E-state index is -0.0935. The summed E-state index contributed by atoms with van der Waals surface area (Å²) in [6, 6.07) is 8.41. The number of likely N-dealkylation sites (N-methyl/N-ethyl adjacent to an activating group) is 1. The van der Waals surface area contributed by atoms with Crippen molar-refractivity contribution in [3.05, 3.63) is 77.2 Å². The molecule has 0 spiro atoms. The first-order valence-corrected chi connectivity index (χ1v) is 7.69. The van der Waals surface area contributed by atoms with Gasteiger partial charge in [0, 0.05) is 29.4 Å². The Bertz CT molecular complexity index is 779. The van der Waals surface area contributed by atoms with Crippen LogP contribution in [0.3, 0.4) is 0 Å². The fourth-order valence-electron chi connectivity index (χ4n) is 3.25. The summed E-state index contributed by atoms with van der Waals surface area (Å²) >= 11 is 0. The number of nitrogens with zero attached hydrogens (tertiary/aromatic N) is 1. The predicted molar refractivity (Wildman–Crippen MR) is 93.3 cm³/mol. The van der Waals surface area contributed by atoms with Crippen LogP contribution in [-0.2, 0) is 14.9 Å². The van der Waals surface area contributed by atoms with E-state index in [2.05, 4.69) is 50.1 Å². The van der Waals surface area contributed by atoms with Gasteiger partial charge in [0.1, 0.15) is 5.76 Å². The standard InChI is InChI=1S/C20H21NO2/c1-20(2)16-7-5-6-8-17(16)21(3)19(20)12-9-14-13-15(23-4)10-11-18(14)22/h5-13H,1-4H3/b14-9+,19-12-. The van der Waals surface area contributed by atoms with Crippen molar-refractivity contribution in [2.24, 2.45) is 0 Å². The number of ketones is 1. The van der Waals surface area contributed by atoms with E-state index in [0.717, 1.165) is 0 Å². The van der Waals surface area contributed by atoms with Crippen molar-refractivity contribution in [3.63, 3.8) is 0 Å². The Morgan fingerprint density at radius 1 is 1.13 bits per heavy atom. The molecule has 0 radical (unpaired) electrons. The highest BCUT2D eigenvalue weighted by atomic mass is 16.5. The predicted octanol–water partition coefficient (Wildman–Crippen LogP) is 3.89. The SMILES string of the molecule is COC1=C/C(=C\C=C2/N(C)c3ccccc3C2(C)C)C(=O)C=C1. The highest BCUT2D eigenvalue weighted by Crippen LogP contribution is 2.46. The molecule has 0 aromatic heterocycles. The van der Waals surface area contributed by atoms with Gasteiger partial charge >= 0.3 is 0 Å². The molecule has 1 heterocycles. The fourth-order valence-corrected chi connectivity index (χ4v) is 3.25. The second-order valence-electron chi connectivity index (χ2n) is 6.32. The van der Waals surface area contributed by atoms with E-state index in [1.54, 1.807) is 25.3 Å². The summed E-state index contributed by atoms with van der Waals surface area (Å²) in [5, 5.41) is 0. The molecular weight excluding hydrogens is 286 g/mol. The molecule has 1 aromatic carbocycles. The molecule has 0 N–H and O–H groups in total. The smallest absolute Gasteiger partial charge is 0.186 e. The molecule has 3 rings (SSSR count). The highest BCUT2D eigenvalue weighted by Gasteiger charge is 2.37. The van der Waals surface area contributed by atoms with Gasteiger partial charge in [0.05, 0.1) is 7.11 Å². The van der Waals surface area contributed by atoms with E-state index in [4.69, 9.17) is 4.74 Å². The van der Waals surface area contributed by atoms with Crippen molar-refractivity contribution in [1.82, 2.24) is 0 Å². The summed E-state index contributed by atoms with van der Waals surface area (Å²) in [5.74, 6) is 0.690. The van der Waals surface area contributed by atoms with Gasteiger partial charge in [-0.2, -0.15) is 0 Å². The number of hydrogen-bond donors (Lipinski definition) is 0. The maximum absolute atomic E-state index is 12.0. The number of hydrogen-bond acceptors (Lipinski definition) is 3. The second kappa shape index (κ2) is 5.58. The van der Waals surface area contributed by atoms with E-state index in [-0.39, 0.29) is 11.2 Å². The molecule has 0 saturated carbocycles. The summed E-state index contributed by atoms with van der Waals surface area (Å²) in [6.45, 7) is 4.41. The quantitative estimate of drug-likeness (QED) is 0.776. The van der Waals surface area contributed by atoms with Gasteiger partial charge in [-0.25, -0.2) is 0 Å². The molecule has 118 valence electrons. The number of allylic oxidation sites excluding steroid dienone is 7. The third-order valence-electron chi connectivity index (χ3n) is 4.58. The molecule has 3 nitrogen and oxygen atoms in total. The minimum absolute atomic E-state index is 0.00128. The zero-order chi connectivity index (χ0) is 16.6. The van der Waals surface area contributed by atoms with Crippen LogP contribution in [0.25, 0.3) is 0 Å². The van der Waals surface area contributed by atoms with Gasteiger partial charge in [-0.15, -0.1) is 0 Å². The van der Waals surface area contributed by atoms with Crippen molar-refractivity contribution in [2.45, 2.75) is 19.3 Å². The molecule has 1 aliphatic heterocycles. The molecule has 0 atom stereocenters. The van der Waals surface area contributed by atoms with Crippen molar-refractivity contribution in [3.8, 4) is 0 Å². The third kappa shape index (κ3) is 2.52. The average molecular weight is 307 g/mol. The third-order valence-corrected chi connectivity index (χ3v) is 4.58. The summed E-state index contributed by atoms with van der Waals surface area (Å²) in [7, 11) is 3.67. The molecule has 0 amide bonds. The molecule has 0 unspecified atom stereocenters. The Hall–Kier alpha value is -2.55. The van der Waals surface area contributed by atoms with E-state index < -0.39 is 0 Å². The Morgan fingerprint density at radius 3 is 2.57 bits per heavy atom. The Labute approximate surface area is 137 Å². The summed E-state index contributed by atoms with van der Waals surface area (Å²) in [6.07, 6.45) is 8.92. The van der Waals surface area contributed by atoms with Crippen LogP contribution >= 0.6 is 0 Å². The van der Waals surface area contributed by atoms with Crippen LogP contribution in [0.1, 0.15) is 19.4 Å². The molecule has 23 heavy (non-hydrogen) atoms. The molecule has 3 heteroatoms. The van der Waals surface area contributed by atoms with Crippen LogP contribution in [-0.4, -0.2) is 19.9 Å². The first-order valence-electron chi connectivity index (χ1n) is 7.69. The monoisotopic (exact) mass is 307 g/mol. The van der Waals surface area contributed by atoms with Crippen LogP contribution < -0.4 is 4.90 Å². The van der Waals surface area contributed by atoms with Gasteiger partial charge in [-0.1, -0.05) is 32.0 Å². The lowest BCUT2D eigenvalue weighted by Gasteiger charge is -2.23. The van der Waals surface area contributed by atoms with Gasteiger partial charge in [-0.3, -0.25) is 4.79 Å². The van der Waals surface area contributed by atoms with Crippen molar-refractivity contribution in [1.29, 1.82) is 0 Å². The van der Waals surface area contributed by atoms with Crippen molar-refractivity contribution in [2.75, 3.05) is 19.1 Å². The molecule has 0 fully saturated rings. The summed E-state index contributed by atoms with van der Waals surface area (Å²) < 4.78 is 5.20. The van der Waals surface area contributed by atoms with E-state index in [1.807, 2.05) is 12.2 Å². The summed E-state index contributed by atoms with van der Waals surface area (Å²) in [4.78, 5) is 14.2. The van der Waals surface area contributed by atoms with E-state index in [1.165, 1.54) is 16.9 Å². The molecule has 2 aliphatic rings. The van der Waals surface area contributed by atoms with Crippen molar-refractivity contribution < 1.29 is 9.53 Å². The first kappa shape index (κ1) is 15.3. The number of benzene rings is 1. The number of methoxy groups -OCH3 is 1. The first-order chi connectivity index (χ1) is 10.9. The van der Waals surface area contributed by atoms with Crippen LogP contribution in [0, 0.1) is 0 Å².